The SMILES string of the molecule is CCCc1nnc(SCC(=O)Nc2ccccc2C)n1-n1cccc1. The van der Waals surface area contributed by atoms with Gasteiger partial charge in [-0.15, -0.1) is 10.2 Å². The second kappa shape index (κ2) is 8.02. The molecular weight excluding hydrogens is 334 g/mol. The molecule has 0 atom stereocenters. The van der Waals surface area contributed by atoms with Gasteiger partial charge in [0, 0.05) is 24.5 Å². The molecule has 2 aromatic heterocycles. The minimum atomic E-state index is -0.0570. The molecule has 0 fully saturated rings. The number of hydrogen-bond donors (Lipinski definition) is 1. The van der Waals surface area contributed by atoms with Crippen LogP contribution in [0.15, 0.2) is 53.9 Å². The molecular formula is C18H21N5OS. The maximum Gasteiger partial charge on any atom is 0.234 e. The molecule has 25 heavy (non-hydrogen) atoms. The van der Waals surface area contributed by atoms with Crippen molar-refractivity contribution in [3.05, 3.63) is 60.2 Å². The first-order chi connectivity index (χ1) is 12.2. The molecule has 7 heteroatoms. The van der Waals surface area contributed by atoms with Gasteiger partial charge in [0.15, 0.2) is 5.82 Å². The summed E-state index contributed by atoms with van der Waals surface area (Å²) in [6.45, 7) is 4.08. The number of benzene rings is 1. The van der Waals surface area contributed by atoms with Crippen LogP contribution in [0.1, 0.15) is 24.7 Å². The Morgan fingerprint density at radius 3 is 2.64 bits per heavy atom. The van der Waals surface area contributed by atoms with Gasteiger partial charge in [-0.3, -0.25) is 9.47 Å². The molecule has 0 unspecified atom stereocenters. The van der Waals surface area contributed by atoms with Crippen LogP contribution < -0.4 is 5.32 Å². The van der Waals surface area contributed by atoms with E-state index < -0.39 is 0 Å². The number of thioether (sulfide) groups is 1. The zero-order chi connectivity index (χ0) is 17.6. The van der Waals surface area contributed by atoms with E-state index in [0.717, 1.165) is 29.9 Å². The molecule has 2 heterocycles. The first-order valence-corrected chi connectivity index (χ1v) is 9.23. The molecule has 3 rings (SSSR count). The molecule has 1 aromatic carbocycles. The highest BCUT2D eigenvalue weighted by molar-refractivity contribution is 7.99. The van der Waals surface area contributed by atoms with Gasteiger partial charge in [0.25, 0.3) is 0 Å². The summed E-state index contributed by atoms with van der Waals surface area (Å²) in [4.78, 5) is 12.3. The second-order valence-corrected chi connectivity index (χ2v) is 6.62. The molecule has 1 N–H and O–H groups in total. The maximum absolute atomic E-state index is 12.3. The van der Waals surface area contributed by atoms with Crippen LogP contribution in [0.3, 0.4) is 0 Å². The number of carbonyl (C=O) groups is 1. The van der Waals surface area contributed by atoms with Gasteiger partial charge in [0.2, 0.25) is 11.1 Å². The molecule has 130 valence electrons. The van der Waals surface area contributed by atoms with Crippen LogP contribution in [-0.4, -0.2) is 31.2 Å². The Labute approximate surface area is 151 Å². The summed E-state index contributed by atoms with van der Waals surface area (Å²) in [5.74, 6) is 1.11. The molecule has 0 saturated carbocycles. The van der Waals surface area contributed by atoms with E-state index in [-0.39, 0.29) is 11.7 Å². The van der Waals surface area contributed by atoms with E-state index in [2.05, 4.69) is 22.4 Å². The normalized spacial score (nSPS) is 10.8. The monoisotopic (exact) mass is 355 g/mol. The van der Waals surface area contributed by atoms with Crippen molar-refractivity contribution in [1.29, 1.82) is 0 Å². The van der Waals surface area contributed by atoms with Crippen molar-refractivity contribution in [2.45, 2.75) is 31.8 Å². The Morgan fingerprint density at radius 1 is 1.16 bits per heavy atom. The highest BCUT2D eigenvalue weighted by Crippen LogP contribution is 2.20. The van der Waals surface area contributed by atoms with Crippen molar-refractivity contribution < 1.29 is 4.79 Å². The van der Waals surface area contributed by atoms with E-state index in [4.69, 9.17) is 0 Å². The zero-order valence-electron chi connectivity index (χ0n) is 14.3. The van der Waals surface area contributed by atoms with Gasteiger partial charge in [0.1, 0.15) is 0 Å². The Morgan fingerprint density at radius 2 is 1.92 bits per heavy atom. The van der Waals surface area contributed by atoms with Crippen molar-refractivity contribution in [3.8, 4) is 0 Å². The molecule has 0 radical (unpaired) electrons. The van der Waals surface area contributed by atoms with Crippen LogP contribution in [0.2, 0.25) is 0 Å². The number of anilines is 1. The van der Waals surface area contributed by atoms with Crippen molar-refractivity contribution in [2.75, 3.05) is 11.1 Å². The number of aromatic nitrogens is 4. The van der Waals surface area contributed by atoms with E-state index in [1.54, 1.807) is 0 Å². The third-order valence-corrected chi connectivity index (χ3v) is 4.64. The highest BCUT2D eigenvalue weighted by atomic mass is 32.2. The average Bonchev–Trinajstić information content (AvgIpc) is 3.25. The zero-order valence-corrected chi connectivity index (χ0v) is 15.2. The standard InChI is InChI=1S/C18H21N5OS/c1-3-8-16-20-21-18(23(16)22-11-6-7-12-22)25-13-17(24)19-15-10-5-4-9-14(15)2/h4-7,9-12H,3,8,13H2,1-2H3,(H,19,24). The molecule has 0 aliphatic heterocycles. The van der Waals surface area contributed by atoms with Crippen molar-refractivity contribution in [1.82, 2.24) is 19.5 Å². The lowest BCUT2D eigenvalue weighted by Crippen LogP contribution is -2.16. The Hall–Kier alpha value is -2.54. The quantitative estimate of drug-likeness (QED) is 0.660. The third kappa shape index (κ3) is 4.11. The minimum Gasteiger partial charge on any atom is -0.325 e. The van der Waals surface area contributed by atoms with E-state index in [1.807, 2.05) is 65.1 Å². The van der Waals surface area contributed by atoms with Crippen LogP contribution in [0, 0.1) is 6.92 Å². The number of hydrogen-bond acceptors (Lipinski definition) is 4. The third-order valence-electron chi connectivity index (χ3n) is 3.72. The lowest BCUT2D eigenvalue weighted by molar-refractivity contribution is -0.113. The smallest absolute Gasteiger partial charge is 0.234 e. The average molecular weight is 355 g/mol. The first-order valence-electron chi connectivity index (χ1n) is 8.25. The van der Waals surface area contributed by atoms with Crippen LogP contribution in [0.25, 0.3) is 0 Å². The molecule has 6 nitrogen and oxygen atoms in total. The lowest BCUT2D eigenvalue weighted by Gasteiger charge is -2.11. The Balaban J connectivity index is 1.71. The fraction of sp³-hybridized carbons (Fsp3) is 0.278. The summed E-state index contributed by atoms with van der Waals surface area (Å²) in [7, 11) is 0. The summed E-state index contributed by atoms with van der Waals surface area (Å²) >= 11 is 1.38. The van der Waals surface area contributed by atoms with Crippen LogP contribution in [0.5, 0.6) is 0 Å². The van der Waals surface area contributed by atoms with Gasteiger partial charge in [-0.25, -0.2) is 4.68 Å². The van der Waals surface area contributed by atoms with Gasteiger partial charge in [-0.2, -0.15) is 0 Å². The molecule has 0 spiro atoms. The molecule has 3 aromatic rings. The molecule has 0 saturated heterocycles. The topological polar surface area (TPSA) is 64.7 Å². The van der Waals surface area contributed by atoms with Gasteiger partial charge in [-0.05, 0) is 37.1 Å². The van der Waals surface area contributed by atoms with Crippen LogP contribution in [-0.2, 0) is 11.2 Å². The fourth-order valence-corrected chi connectivity index (χ4v) is 3.24. The summed E-state index contributed by atoms with van der Waals surface area (Å²) in [5.41, 5.74) is 1.88. The van der Waals surface area contributed by atoms with E-state index in [0.29, 0.717) is 5.16 Å². The van der Waals surface area contributed by atoms with Gasteiger partial charge >= 0.3 is 0 Å². The molecule has 1 amide bonds. The number of para-hydroxylation sites is 1. The summed E-state index contributed by atoms with van der Waals surface area (Å²) < 4.78 is 3.89. The Bertz CT molecular complexity index is 841. The van der Waals surface area contributed by atoms with Crippen LogP contribution in [0.4, 0.5) is 5.69 Å². The van der Waals surface area contributed by atoms with E-state index >= 15 is 0 Å². The maximum atomic E-state index is 12.3. The van der Waals surface area contributed by atoms with E-state index in [1.165, 1.54) is 11.8 Å². The number of aryl methyl sites for hydroxylation is 2. The second-order valence-electron chi connectivity index (χ2n) is 5.68. The fourth-order valence-electron chi connectivity index (χ4n) is 2.49. The lowest BCUT2D eigenvalue weighted by atomic mass is 10.2. The molecule has 0 aliphatic carbocycles. The predicted octanol–water partition coefficient (Wildman–Crippen LogP) is 3.38. The highest BCUT2D eigenvalue weighted by Gasteiger charge is 2.15. The number of nitrogens with one attached hydrogen (secondary N) is 1. The van der Waals surface area contributed by atoms with Crippen molar-refractivity contribution in [3.63, 3.8) is 0 Å². The van der Waals surface area contributed by atoms with Crippen LogP contribution >= 0.6 is 11.8 Å². The largest absolute Gasteiger partial charge is 0.325 e. The number of rotatable bonds is 7. The predicted molar refractivity (Wildman–Crippen MR) is 99.8 cm³/mol. The van der Waals surface area contributed by atoms with Gasteiger partial charge in [-0.1, -0.05) is 36.9 Å². The minimum absolute atomic E-state index is 0.0570. The van der Waals surface area contributed by atoms with Crippen molar-refractivity contribution in [2.24, 2.45) is 0 Å². The van der Waals surface area contributed by atoms with Gasteiger partial charge in [0.05, 0.1) is 5.75 Å². The molecule has 0 aliphatic rings. The summed E-state index contributed by atoms with van der Waals surface area (Å²) in [6.07, 6.45) is 5.71. The summed E-state index contributed by atoms with van der Waals surface area (Å²) in [6, 6.07) is 11.6. The molecule has 0 bridgehead atoms. The first kappa shape index (κ1) is 17.3. The van der Waals surface area contributed by atoms with E-state index in [9.17, 15) is 4.79 Å². The number of carbonyl (C=O) groups excluding carboxylic acids is 1. The van der Waals surface area contributed by atoms with Crippen molar-refractivity contribution >= 4 is 23.4 Å². The number of amides is 1. The summed E-state index contributed by atoms with van der Waals surface area (Å²) in [5, 5.41) is 12.2. The Kier molecular flexibility index (Phi) is 5.55. The number of nitrogens with zero attached hydrogens (tertiary/aromatic N) is 4. The van der Waals surface area contributed by atoms with Gasteiger partial charge < -0.3 is 5.32 Å².